The van der Waals surface area contributed by atoms with Gasteiger partial charge in [-0.2, -0.15) is 4.98 Å². The maximum Gasteiger partial charge on any atom is 0.323 e. The van der Waals surface area contributed by atoms with Gasteiger partial charge in [0.1, 0.15) is 24.0 Å². The number of fused-ring (bicyclic) bond motifs is 1. The Morgan fingerprint density at radius 2 is 2.08 bits per heavy atom. The normalized spacial score (nSPS) is 25.5. The van der Waals surface area contributed by atoms with Crippen LogP contribution in [0.3, 0.4) is 0 Å². The number of carbonyl (C=O) groups excluding carboxylic acids is 1. The number of ether oxygens (including phenoxy) is 2. The van der Waals surface area contributed by atoms with Crippen LogP contribution in [0.25, 0.3) is 11.2 Å². The SMILES string of the molecule is CC(C)OC(=O)C(C)N[P@](=S)(OC[C@H]1OC(n2cnc3c(=O)[nH]c(N)nc32)[C@](C)(F)[C@@H]1O)Oc1ccccc1. The van der Waals surface area contributed by atoms with E-state index in [1.54, 1.807) is 51.1 Å². The number of aliphatic hydroxyl groups excluding tert-OH is 1. The van der Waals surface area contributed by atoms with Gasteiger partial charge in [0.15, 0.2) is 23.1 Å². The number of hydrogen-bond acceptors (Lipinski definition) is 11. The van der Waals surface area contributed by atoms with Gasteiger partial charge in [-0.15, -0.1) is 0 Å². The predicted molar refractivity (Wildman–Crippen MR) is 143 cm³/mol. The van der Waals surface area contributed by atoms with Crippen LogP contribution in [-0.2, 0) is 30.6 Å². The number of nitrogens with zero attached hydrogens (tertiary/aromatic N) is 3. The van der Waals surface area contributed by atoms with Crippen molar-refractivity contribution in [1.82, 2.24) is 24.6 Å². The molecule has 3 aromatic rings. The lowest BCUT2D eigenvalue weighted by Crippen LogP contribution is -2.41. The molecule has 0 bridgehead atoms. The number of alkyl halides is 1. The Balaban J connectivity index is 1.56. The van der Waals surface area contributed by atoms with Crippen LogP contribution in [0.5, 0.6) is 5.75 Å². The van der Waals surface area contributed by atoms with Crippen LogP contribution in [0.1, 0.15) is 33.9 Å². The number of carbonyl (C=O) groups is 1. The molecule has 6 atom stereocenters. The van der Waals surface area contributed by atoms with Crippen molar-refractivity contribution in [2.24, 2.45) is 0 Å². The van der Waals surface area contributed by atoms with Gasteiger partial charge in [-0.25, -0.2) is 14.5 Å². The largest absolute Gasteiger partial charge is 0.462 e. The molecule has 5 N–H and O–H groups in total. The highest BCUT2D eigenvalue weighted by molar-refractivity contribution is 8.09. The van der Waals surface area contributed by atoms with Crippen LogP contribution in [0.4, 0.5) is 10.3 Å². The standard InChI is InChI=1S/C23H30FN6O7PS/c1-12(2)35-20(33)13(3)29-38(39,37-14-8-6-5-7-9-14)34-10-15-17(31)23(4,24)21(36-15)30-11-26-16-18(30)27-22(25)28-19(16)32/h5-9,11-13,15,17,21,31H,10H2,1-4H3,(H,29,39)(H3,25,27,28,32)/t13?,15-,17-,21?,23-,38+/m1/s1. The lowest BCUT2D eigenvalue weighted by molar-refractivity contribution is -0.149. The first-order chi connectivity index (χ1) is 18.3. The second-order valence-electron chi connectivity index (χ2n) is 9.43. The molecule has 16 heteroatoms. The summed E-state index contributed by atoms with van der Waals surface area (Å²) in [4.78, 5) is 34.9. The third-order valence-electron chi connectivity index (χ3n) is 5.86. The van der Waals surface area contributed by atoms with E-state index in [1.165, 1.54) is 10.9 Å². The van der Waals surface area contributed by atoms with E-state index in [2.05, 4.69) is 20.0 Å². The van der Waals surface area contributed by atoms with Crippen molar-refractivity contribution in [3.63, 3.8) is 0 Å². The van der Waals surface area contributed by atoms with Crippen molar-refractivity contribution in [3.05, 3.63) is 47.0 Å². The number of nitrogen functional groups attached to an aromatic ring is 1. The lowest BCUT2D eigenvalue weighted by atomic mass is 9.98. The first-order valence-electron chi connectivity index (χ1n) is 12.0. The molecule has 0 spiro atoms. The molecule has 2 aromatic heterocycles. The molecule has 4 rings (SSSR count). The molecule has 0 radical (unpaired) electrons. The smallest absolute Gasteiger partial charge is 0.323 e. The quantitative estimate of drug-likeness (QED) is 0.202. The van der Waals surface area contributed by atoms with Crippen molar-refractivity contribution in [3.8, 4) is 5.75 Å². The van der Waals surface area contributed by atoms with Crippen LogP contribution in [0.2, 0.25) is 0 Å². The Hall–Kier alpha value is -2.94. The number of esters is 1. The maximum atomic E-state index is 15.9. The van der Waals surface area contributed by atoms with E-state index in [1.807, 2.05) is 0 Å². The highest BCUT2D eigenvalue weighted by Crippen LogP contribution is 2.48. The van der Waals surface area contributed by atoms with Gasteiger partial charge in [-0.05, 0) is 51.6 Å². The van der Waals surface area contributed by atoms with E-state index in [-0.39, 0.29) is 23.2 Å². The first kappa shape index (κ1) is 29.1. The van der Waals surface area contributed by atoms with E-state index in [9.17, 15) is 14.7 Å². The Kier molecular flexibility index (Phi) is 8.40. The first-order valence-corrected chi connectivity index (χ1v) is 14.7. The minimum Gasteiger partial charge on any atom is -0.462 e. The highest BCUT2D eigenvalue weighted by atomic mass is 32.5. The van der Waals surface area contributed by atoms with Crippen LogP contribution >= 0.6 is 6.64 Å². The van der Waals surface area contributed by atoms with Crippen LogP contribution < -0.4 is 20.9 Å². The summed E-state index contributed by atoms with van der Waals surface area (Å²) in [5.74, 6) is -0.386. The minimum atomic E-state index is -3.47. The average Bonchev–Trinajstić information content (AvgIpc) is 3.36. The second-order valence-corrected chi connectivity index (χ2v) is 12.6. The number of para-hydroxylation sites is 1. The van der Waals surface area contributed by atoms with Crippen LogP contribution in [-0.4, -0.2) is 67.2 Å². The Morgan fingerprint density at radius 1 is 1.38 bits per heavy atom. The van der Waals surface area contributed by atoms with Crippen molar-refractivity contribution in [2.75, 3.05) is 12.3 Å². The molecule has 1 aromatic carbocycles. The maximum absolute atomic E-state index is 15.9. The fraction of sp³-hybridized carbons (Fsp3) is 0.478. The number of anilines is 1. The topological polar surface area (TPSA) is 176 Å². The van der Waals surface area contributed by atoms with Crippen molar-refractivity contribution >= 4 is 41.5 Å². The summed E-state index contributed by atoms with van der Waals surface area (Å²) < 4.78 is 40.0. The number of hydrogen-bond donors (Lipinski definition) is 4. The molecular weight excluding hydrogens is 554 g/mol. The number of benzene rings is 1. The molecule has 1 fully saturated rings. The molecule has 1 aliphatic heterocycles. The molecule has 212 valence electrons. The number of nitrogens with one attached hydrogen (secondary N) is 2. The van der Waals surface area contributed by atoms with Gasteiger partial charge in [0.25, 0.3) is 5.56 Å². The molecule has 0 saturated carbocycles. The van der Waals surface area contributed by atoms with Gasteiger partial charge in [0.2, 0.25) is 5.95 Å². The van der Waals surface area contributed by atoms with Gasteiger partial charge in [-0.3, -0.25) is 19.1 Å². The Morgan fingerprint density at radius 3 is 2.74 bits per heavy atom. The number of nitrogens with two attached hydrogens (primary N) is 1. The average molecular weight is 585 g/mol. The summed E-state index contributed by atoms with van der Waals surface area (Å²) in [6.07, 6.45) is -3.50. The fourth-order valence-corrected chi connectivity index (χ4v) is 6.39. The summed E-state index contributed by atoms with van der Waals surface area (Å²) in [6, 6.07) is 7.66. The number of imidazole rings is 1. The van der Waals surface area contributed by atoms with E-state index >= 15 is 4.39 Å². The Bertz CT molecular complexity index is 1440. The molecule has 0 amide bonds. The summed E-state index contributed by atoms with van der Waals surface area (Å²) >= 11 is 5.66. The molecule has 3 heterocycles. The van der Waals surface area contributed by atoms with Crippen molar-refractivity contribution in [1.29, 1.82) is 0 Å². The molecule has 1 aliphatic rings. The van der Waals surface area contributed by atoms with Crippen molar-refractivity contribution < 1.29 is 32.8 Å². The van der Waals surface area contributed by atoms with Gasteiger partial charge < -0.3 is 29.4 Å². The number of aromatic amines is 1. The second kappa shape index (κ2) is 11.3. The van der Waals surface area contributed by atoms with Gasteiger partial charge in [0.05, 0.1) is 19.0 Å². The highest BCUT2D eigenvalue weighted by Gasteiger charge is 2.55. The van der Waals surface area contributed by atoms with Crippen LogP contribution in [0.15, 0.2) is 41.5 Å². The number of H-pyrrole nitrogens is 1. The van der Waals surface area contributed by atoms with E-state index in [0.717, 1.165) is 6.92 Å². The minimum absolute atomic E-state index is 0.0180. The van der Waals surface area contributed by atoms with Crippen LogP contribution in [0, 0.1) is 0 Å². The lowest BCUT2D eigenvalue weighted by Gasteiger charge is -2.28. The fourth-order valence-electron chi connectivity index (χ4n) is 3.97. The van der Waals surface area contributed by atoms with E-state index < -0.39 is 54.9 Å². The molecular formula is C23H30FN6O7PS. The van der Waals surface area contributed by atoms with Crippen molar-refractivity contribution in [2.45, 2.75) is 63.9 Å². The summed E-state index contributed by atoms with van der Waals surface area (Å²) in [5, 5.41) is 13.7. The molecule has 0 aliphatic carbocycles. The summed E-state index contributed by atoms with van der Waals surface area (Å²) in [7, 11) is 0. The third-order valence-corrected chi connectivity index (χ3v) is 8.35. The zero-order chi connectivity index (χ0) is 28.5. The number of aliphatic hydroxyl groups is 1. The molecule has 39 heavy (non-hydrogen) atoms. The van der Waals surface area contributed by atoms with Gasteiger partial charge >= 0.3 is 12.6 Å². The van der Waals surface area contributed by atoms with E-state index in [0.29, 0.717) is 5.75 Å². The number of rotatable bonds is 10. The predicted octanol–water partition coefficient (Wildman–Crippen LogP) is 1.94. The summed E-state index contributed by atoms with van der Waals surface area (Å²) in [6.45, 7) is 2.24. The zero-order valence-electron chi connectivity index (χ0n) is 21.6. The van der Waals surface area contributed by atoms with E-state index in [4.69, 9.17) is 36.1 Å². The molecule has 1 saturated heterocycles. The number of aromatic nitrogens is 4. The third kappa shape index (κ3) is 6.29. The molecule has 13 nitrogen and oxygen atoms in total. The Labute approximate surface area is 228 Å². The molecule has 2 unspecified atom stereocenters. The number of halogens is 1. The van der Waals surface area contributed by atoms with Gasteiger partial charge in [0, 0.05) is 0 Å². The summed E-state index contributed by atoms with van der Waals surface area (Å²) in [5.41, 5.74) is 2.59. The zero-order valence-corrected chi connectivity index (χ0v) is 23.3. The monoisotopic (exact) mass is 584 g/mol. The van der Waals surface area contributed by atoms with Gasteiger partial charge in [-0.1, -0.05) is 18.2 Å².